The number of aromatic carboxylic acids is 1. The number of aryl methyl sites for hydroxylation is 1. The summed E-state index contributed by atoms with van der Waals surface area (Å²) in [5.74, 6) is 0.135. The van der Waals surface area contributed by atoms with E-state index in [2.05, 4.69) is 25.8 Å². The van der Waals surface area contributed by atoms with Crippen molar-refractivity contribution in [2.24, 2.45) is 0 Å². The summed E-state index contributed by atoms with van der Waals surface area (Å²) in [6, 6.07) is 1.32. The summed E-state index contributed by atoms with van der Waals surface area (Å²) in [6.07, 6.45) is 13.0. The molecule has 0 aliphatic carbocycles. The Balaban J connectivity index is 0.000000567. The fraction of sp³-hybridized carbons (Fsp3) is 0.261. The molecule has 0 saturated carbocycles. The first-order chi connectivity index (χ1) is 13.3. The highest BCUT2D eigenvalue weighted by molar-refractivity contribution is 5.84. The van der Waals surface area contributed by atoms with Gasteiger partial charge < -0.3 is 19.4 Å². The topological polar surface area (TPSA) is 79.9 Å². The number of aliphatic hydroxyl groups excluding tert-OH is 1. The highest BCUT2D eigenvalue weighted by Gasteiger charge is 2.11. The van der Waals surface area contributed by atoms with Gasteiger partial charge in [-0.3, -0.25) is 0 Å². The number of ether oxygens (including phenoxy) is 1. The Labute approximate surface area is 167 Å². The molecule has 152 valence electrons. The van der Waals surface area contributed by atoms with Crippen LogP contribution >= 0.6 is 0 Å². The first-order valence-corrected chi connectivity index (χ1v) is 8.74. The molecule has 1 heterocycles. The molecule has 28 heavy (non-hydrogen) atoms. The Kier molecular flexibility index (Phi) is 12.5. The molecule has 0 unspecified atom stereocenters. The number of allylic oxidation sites excluding steroid dienone is 8. The van der Waals surface area contributed by atoms with Gasteiger partial charge in [-0.1, -0.05) is 61.8 Å². The van der Waals surface area contributed by atoms with Crippen molar-refractivity contribution >= 4 is 5.97 Å². The highest BCUT2D eigenvalue weighted by Crippen LogP contribution is 2.19. The monoisotopic (exact) mass is 386 g/mol. The lowest BCUT2D eigenvalue weighted by molar-refractivity contribution is 0.0661. The number of aliphatic hydroxyl groups is 1. The van der Waals surface area contributed by atoms with E-state index in [1.54, 1.807) is 20.1 Å². The van der Waals surface area contributed by atoms with E-state index in [4.69, 9.17) is 19.4 Å². The molecule has 5 nitrogen and oxygen atoms in total. The second-order valence-electron chi connectivity index (χ2n) is 5.72. The van der Waals surface area contributed by atoms with Crippen LogP contribution in [-0.4, -0.2) is 23.3 Å². The molecule has 0 atom stereocenters. The van der Waals surface area contributed by atoms with E-state index in [-0.39, 0.29) is 12.4 Å². The number of furan rings is 1. The fourth-order valence-corrected chi connectivity index (χ4v) is 2.14. The zero-order chi connectivity index (χ0) is 21.5. The largest absolute Gasteiger partial charge is 0.500 e. The van der Waals surface area contributed by atoms with Gasteiger partial charge in [-0.15, -0.1) is 0 Å². The van der Waals surface area contributed by atoms with Crippen LogP contribution in [0.1, 0.15) is 41.6 Å². The third-order valence-corrected chi connectivity index (χ3v) is 3.68. The smallest absolute Gasteiger partial charge is 0.371 e. The highest BCUT2D eigenvalue weighted by atomic mass is 16.5. The summed E-state index contributed by atoms with van der Waals surface area (Å²) in [4.78, 5) is 10.3. The van der Waals surface area contributed by atoms with E-state index in [0.29, 0.717) is 11.3 Å². The predicted molar refractivity (Wildman–Crippen MR) is 113 cm³/mol. The number of carboxylic acids is 1. The Morgan fingerprint density at radius 1 is 1.36 bits per heavy atom. The van der Waals surface area contributed by atoms with E-state index in [0.717, 1.165) is 29.7 Å². The lowest BCUT2D eigenvalue weighted by Gasteiger charge is -2.10. The van der Waals surface area contributed by atoms with Gasteiger partial charge in [0, 0.05) is 18.4 Å². The Morgan fingerprint density at radius 2 is 2.04 bits per heavy atom. The van der Waals surface area contributed by atoms with Crippen LogP contribution in [0.2, 0.25) is 0 Å². The summed E-state index contributed by atoms with van der Waals surface area (Å²) in [7, 11) is 1.69. The number of hydrogen-bond donors (Lipinski definition) is 2. The van der Waals surface area contributed by atoms with Crippen molar-refractivity contribution in [1.29, 1.82) is 0 Å². The van der Waals surface area contributed by atoms with E-state index < -0.39 is 5.97 Å². The second-order valence-corrected chi connectivity index (χ2v) is 5.72. The maximum absolute atomic E-state index is 10.3. The number of methoxy groups -OCH3 is 1. The van der Waals surface area contributed by atoms with Gasteiger partial charge in [-0.25, -0.2) is 4.79 Å². The molecule has 5 heteroatoms. The molecule has 0 spiro atoms. The maximum Gasteiger partial charge on any atom is 0.371 e. The summed E-state index contributed by atoms with van der Waals surface area (Å²) in [5, 5.41) is 17.1. The molecular formula is C23H30O5. The predicted octanol–water partition coefficient (Wildman–Crippen LogP) is 5.51. The molecule has 0 aliphatic rings. The van der Waals surface area contributed by atoms with Crippen LogP contribution < -0.4 is 0 Å². The number of rotatable bonds is 10. The van der Waals surface area contributed by atoms with Crippen molar-refractivity contribution in [3.8, 4) is 0 Å². The zero-order valence-electron chi connectivity index (χ0n) is 16.9. The maximum atomic E-state index is 10.3. The molecule has 2 N–H and O–H groups in total. The number of carboxylic acid groups (broad SMARTS) is 1. The molecule has 0 radical (unpaired) electrons. The number of hydrogen-bond acceptors (Lipinski definition) is 4. The zero-order valence-corrected chi connectivity index (χ0v) is 16.9. The van der Waals surface area contributed by atoms with Crippen LogP contribution in [0.3, 0.4) is 0 Å². The van der Waals surface area contributed by atoms with Gasteiger partial charge in [-0.05, 0) is 25.5 Å². The molecule has 1 aromatic rings. The molecule has 0 aliphatic heterocycles. The molecule has 1 rings (SSSR count). The van der Waals surface area contributed by atoms with Crippen molar-refractivity contribution in [2.75, 3.05) is 7.11 Å². The van der Waals surface area contributed by atoms with Crippen LogP contribution in [0.25, 0.3) is 0 Å². The normalized spacial score (nSPS) is 11.6. The van der Waals surface area contributed by atoms with Gasteiger partial charge in [0.2, 0.25) is 5.76 Å². The standard InChI is InChI=1S/C16H22O.C7H8O4/c1-6-9-11-14(4)13-15(8-3)16(17-5)12-10-7-2;1-4-5(3-8)2-6(11-4)7(9)10/h6-11H,1,3-4,12-13H2,2,5H3;2,8H,3H2,1H3,(H,9,10)/b10-7-,11-9-,16-15-;. The molecule has 0 aromatic carbocycles. The average molecular weight is 386 g/mol. The molecule has 0 amide bonds. The van der Waals surface area contributed by atoms with Gasteiger partial charge in [0.1, 0.15) is 11.5 Å². The third-order valence-electron chi connectivity index (χ3n) is 3.68. The SMILES string of the molecule is C=C/C=C\C(=C)C/C(C=C)=C(/C/C=C\C)OC.Cc1oc(C(=O)O)cc1CO. The average Bonchev–Trinajstić information content (AvgIpc) is 3.07. The Bertz CT molecular complexity index is 760. The molecule has 0 saturated heterocycles. The van der Waals surface area contributed by atoms with Gasteiger partial charge in [0.15, 0.2) is 0 Å². The lowest BCUT2D eigenvalue weighted by atomic mass is 10.0. The van der Waals surface area contributed by atoms with Gasteiger partial charge >= 0.3 is 5.97 Å². The summed E-state index contributed by atoms with van der Waals surface area (Å²) in [5.41, 5.74) is 2.60. The Hall–Kier alpha value is -3.05. The second kappa shape index (κ2) is 14.1. The number of carbonyl (C=O) groups is 1. The summed E-state index contributed by atoms with van der Waals surface area (Å²) < 4.78 is 10.2. The van der Waals surface area contributed by atoms with E-state index in [1.807, 2.05) is 31.2 Å². The van der Waals surface area contributed by atoms with Crippen LogP contribution in [-0.2, 0) is 11.3 Å². The minimum atomic E-state index is -1.12. The molecular weight excluding hydrogens is 356 g/mol. The van der Waals surface area contributed by atoms with Crippen LogP contribution in [0, 0.1) is 6.92 Å². The summed E-state index contributed by atoms with van der Waals surface area (Å²) >= 11 is 0. The van der Waals surface area contributed by atoms with Crippen molar-refractivity contribution in [3.05, 3.63) is 96.2 Å². The minimum absolute atomic E-state index is 0.133. The first kappa shape index (κ1) is 24.9. The minimum Gasteiger partial charge on any atom is -0.500 e. The van der Waals surface area contributed by atoms with Gasteiger partial charge in [0.05, 0.1) is 13.7 Å². The van der Waals surface area contributed by atoms with E-state index >= 15 is 0 Å². The van der Waals surface area contributed by atoms with E-state index in [9.17, 15) is 4.79 Å². The van der Waals surface area contributed by atoms with Crippen molar-refractivity contribution in [1.82, 2.24) is 0 Å². The third kappa shape index (κ3) is 9.05. The van der Waals surface area contributed by atoms with E-state index in [1.165, 1.54) is 6.07 Å². The van der Waals surface area contributed by atoms with Crippen LogP contribution in [0.15, 0.2) is 83.6 Å². The van der Waals surface area contributed by atoms with Gasteiger partial charge in [-0.2, -0.15) is 0 Å². The first-order valence-electron chi connectivity index (χ1n) is 8.74. The lowest BCUT2D eigenvalue weighted by Crippen LogP contribution is -1.93. The van der Waals surface area contributed by atoms with Crippen molar-refractivity contribution < 1.29 is 24.2 Å². The molecule has 0 bridgehead atoms. The van der Waals surface area contributed by atoms with Crippen LogP contribution in [0.4, 0.5) is 0 Å². The quantitative estimate of drug-likeness (QED) is 0.315. The molecule has 0 fully saturated rings. The Morgan fingerprint density at radius 3 is 2.43 bits per heavy atom. The summed E-state index contributed by atoms with van der Waals surface area (Å²) in [6.45, 7) is 14.9. The fourth-order valence-electron chi connectivity index (χ4n) is 2.14. The van der Waals surface area contributed by atoms with Crippen LogP contribution in [0.5, 0.6) is 0 Å². The van der Waals surface area contributed by atoms with Gasteiger partial charge in [0.25, 0.3) is 0 Å². The van der Waals surface area contributed by atoms with Crippen molar-refractivity contribution in [3.63, 3.8) is 0 Å². The van der Waals surface area contributed by atoms with Crippen molar-refractivity contribution in [2.45, 2.75) is 33.3 Å². The molecule has 1 aromatic heterocycles.